The molecule has 0 atom stereocenters. The van der Waals surface area contributed by atoms with Crippen molar-refractivity contribution in [3.63, 3.8) is 0 Å². The molecule has 0 fully saturated rings. The van der Waals surface area contributed by atoms with Crippen molar-refractivity contribution in [2.24, 2.45) is 0 Å². The van der Waals surface area contributed by atoms with Gasteiger partial charge in [0, 0.05) is 0 Å². The van der Waals surface area contributed by atoms with E-state index in [1.807, 2.05) is 0 Å². The van der Waals surface area contributed by atoms with Crippen LogP contribution in [0.25, 0.3) is 0 Å². The fourth-order valence-corrected chi connectivity index (χ4v) is 1.06. The van der Waals surface area contributed by atoms with Crippen molar-refractivity contribution in [2.45, 2.75) is 6.18 Å². The van der Waals surface area contributed by atoms with Gasteiger partial charge in [-0.1, -0.05) is 12.1 Å². The molecule has 7 heteroatoms. The minimum atomic E-state index is -4.94. The van der Waals surface area contributed by atoms with Gasteiger partial charge < -0.3 is 10.0 Å². The number of benzene rings is 1. The Morgan fingerprint density at radius 2 is 1.71 bits per heavy atom. The first-order valence-electron chi connectivity index (χ1n) is 3.56. The smallest absolute Gasteiger partial charge is 0.423 e. The highest BCUT2D eigenvalue weighted by atomic mass is 19.4. The molecule has 0 aromatic heterocycles. The fourth-order valence-electron chi connectivity index (χ4n) is 1.06. The topological polar surface area (TPSA) is 40.5 Å². The summed E-state index contributed by atoms with van der Waals surface area (Å²) < 4.78 is 49.4. The van der Waals surface area contributed by atoms with Gasteiger partial charge in [-0.2, -0.15) is 13.2 Å². The predicted molar refractivity (Wildman–Crippen MR) is 41.2 cm³/mol. The van der Waals surface area contributed by atoms with Crippen molar-refractivity contribution < 1.29 is 27.6 Å². The minimum Gasteiger partial charge on any atom is -0.423 e. The summed E-state index contributed by atoms with van der Waals surface area (Å²) in [4.78, 5) is 0. The highest BCUT2D eigenvalue weighted by molar-refractivity contribution is 6.59. The van der Waals surface area contributed by atoms with Gasteiger partial charge in [0.05, 0.1) is 5.56 Å². The van der Waals surface area contributed by atoms with E-state index >= 15 is 0 Å². The van der Waals surface area contributed by atoms with Gasteiger partial charge in [-0.25, -0.2) is 4.39 Å². The number of hydrogen-bond donors (Lipinski definition) is 2. The lowest BCUT2D eigenvalue weighted by Crippen LogP contribution is -2.37. The average molecular weight is 208 g/mol. The summed E-state index contributed by atoms with van der Waals surface area (Å²) in [5.41, 5.74) is -2.53. The van der Waals surface area contributed by atoms with Gasteiger partial charge in [-0.15, -0.1) is 0 Å². The Morgan fingerprint density at radius 3 is 2.07 bits per heavy atom. The zero-order valence-electron chi connectivity index (χ0n) is 6.72. The summed E-state index contributed by atoms with van der Waals surface area (Å²) in [6.07, 6.45) is -4.94. The zero-order valence-corrected chi connectivity index (χ0v) is 6.72. The number of halogens is 4. The van der Waals surface area contributed by atoms with Crippen molar-refractivity contribution in [1.29, 1.82) is 0 Å². The molecule has 0 aliphatic heterocycles. The van der Waals surface area contributed by atoms with Crippen LogP contribution in [-0.2, 0) is 6.18 Å². The third-order valence-corrected chi connectivity index (χ3v) is 1.61. The molecule has 2 nitrogen and oxygen atoms in total. The van der Waals surface area contributed by atoms with Gasteiger partial charge in [0.2, 0.25) is 0 Å². The van der Waals surface area contributed by atoms with Gasteiger partial charge in [-0.3, -0.25) is 0 Å². The maximum absolute atomic E-state index is 12.8. The Hall–Kier alpha value is -1.08. The summed E-state index contributed by atoms with van der Waals surface area (Å²) in [6.45, 7) is 0. The summed E-state index contributed by atoms with van der Waals surface area (Å²) in [7, 11) is -2.35. The number of rotatable bonds is 1. The van der Waals surface area contributed by atoms with Crippen LogP contribution in [0.1, 0.15) is 5.56 Å². The summed E-state index contributed by atoms with van der Waals surface area (Å²) in [5.74, 6) is -1.52. The van der Waals surface area contributed by atoms with Crippen LogP contribution in [0.4, 0.5) is 17.6 Å². The second-order valence-corrected chi connectivity index (χ2v) is 2.58. The van der Waals surface area contributed by atoms with Gasteiger partial charge in [0.1, 0.15) is 5.82 Å². The van der Waals surface area contributed by atoms with Crippen LogP contribution in [-0.4, -0.2) is 17.2 Å². The highest BCUT2D eigenvalue weighted by Gasteiger charge is 2.39. The quantitative estimate of drug-likeness (QED) is 0.521. The lowest BCUT2D eigenvalue weighted by molar-refractivity contribution is -0.139. The third kappa shape index (κ3) is 2.05. The van der Waals surface area contributed by atoms with Crippen LogP contribution in [0, 0.1) is 5.82 Å². The van der Waals surface area contributed by atoms with Crippen LogP contribution in [0.3, 0.4) is 0 Å². The fraction of sp³-hybridized carbons (Fsp3) is 0.143. The molecule has 0 saturated carbocycles. The van der Waals surface area contributed by atoms with E-state index in [4.69, 9.17) is 10.0 Å². The molecule has 0 amide bonds. The highest BCUT2D eigenvalue weighted by Crippen LogP contribution is 2.29. The maximum Gasteiger partial charge on any atom is 0.489 e. The van der Waals surface area contributed by atoms with E-state index in [2.05, 4.69) is 0 Å². The second-order valence-electron chi connectivity index (χ2n) is 2.58. The summed E-state index contributed by atoms with van der Waals surface area (Å²) in [5, 5.41) is 17.2. The molecule has 1 aromatic carbocycles. The predicted octanol–water partition coefficient (Wildman–Crippen LogP) is 0.524. The van der Waals surface area contributed by atoms with Crippen LogP contribution < -0.4 is 5.46 Å². The second kappa shape index (κ2) is 3.59. The SMILES string of the molecule is OB(O)c1cccc(F)c1C(F)(F)F. The standard InChI is InChI=1S/C7H5BF4O2/c9-5-3-1-2-4(8(13)14)6(5)7(10,11)12/h1-3,13-14H. The van der Waals surface area contributed by atoms with Crippen molar-refractivity contribution in [3.8, 4) is 0 Å². The average Bonchev–Trinajstić information content (AvgIpc) is 2.01. The van der Waals surface area contributed by atoms with Gasteiger partial charge in [0.15, 0.2) is 0 Å². The minimum absolute atomic E-state index is 0.606. The first-order valence-corrected chi connectivity index (χ1v) is 3.56. The summed E-state index contributed by atoms with van der Waals surface area (Å²) >= 11 is 0. The molecule has 1 rings (SSSR count). The Bertz CT molecular complexity index is 337. The van der Waals surface area contributed by atoms with Gasteiger partial charge >= 0.3 is 13.3 Å². The molecule has 2 N–H and O–H groups in total. The number of alkyl halides is 3. The Kier molecular flexibility index (Phi) is 2.82. The van der Waals surface area contributed by atoms with Crippen LogP contribution in [0.5, 0.6) is 0 Å². The summed E-state index contributed by atoms with van der Waals surface area (Å²) in [6, 6.07) is 2.38. The van der Waals surface area contributed by atoms with E-state index < -0.39 is 30.1 Å². The monoisotopic (exact) mass is 208 g/mol. The molecule has 14 heavy (non-hydrogen) atoms. The largest absolute Gasteiger partial charge is 0.489 e. The molecular weight excluding hydrogens is 203 g/mol. The van der Waals surface area contributed by atoms with Crippen molar-refractivity contribution >= 4 is 12.6 Å². The molecule has 0 unspecified atom stereocenters. The zero-order chi connectivity index (χ0) is 10.9. The Labute approximate surface area is 76.9 Å². The molecule has 0 aliphatic rings. The lowest BCUT2D eigenvalue weighted by atomic mass is 9.76. The van der Waals surface area contributed by atoms with Gasteiger partial charge in [-0.05, 0) is 11.5 Å². The van der Waals surface area contributed by atoms with E-state index in [9.17, 15) is 17.6 Å². The van der Waals surface area contributed by atoms with E-state index in [1.165, 1.54) is 0 Å². The van der Waals surface area contributed by atoms with E-state index in [0.717, 1.165) is 12.1 Å². The first kappa shape index (κ1) is 11.0. The van der Waals surface area contributed by atoms with Crippen LogP contribution in [0.2, 0.25) is 0 Å². The molecule has 1 aromatic rings. The van der Waals surface area contributed by atoms with Crippen molar-refractivity contribution in [1.82, 2.24) is 0 Å². The Morgan fingerprint density at radius 1 is 1.14 bits per heavy atom. The molecule has 0 heterocycles. The molecule has 0 spiro atoms. The molecule has 0 aliphatic carbocycles. The maximum atomic E-state index is 12.8. The molecule has 0 radical (unpaired) electrons. The molecular formula is C7H5BF4O2. The molecule has 0 bridgehead atoms. The van der Waals surface area contributed by atoms with Crippen LogP contribution >= 0.6 is 0 Å². The third-order valence-electron chi connectivity index (χ3n) is 1.61. The normalized spacial score (nSPS) is 11.6. The van der Waals surface area contributed by atoms with E-state index in [1.54, 1.807) is 0 Å². The molecule has 76 valence electrons. The van der Waals surface area contributed by atoms with E-state index in [-0.39, 0.29) is 0 Å². The van der Waals surface area contributed by atoms with Crippen molar-refractivity contribution in [3.05, 3.63) is 29.6 Å². The number of hydrogen-bond acceptors (Lipinski definition) is 2. The van der Waals surface area contributed by atoms with E-state index in [0.29, 0.717) is 6.07 Å². The Balaban J connectivity index is 3.38. The first-order chi connectivity index (χ1) is 6.34. The van der Waals surface area contributed by atoms with Gasteiger partial charge in [0.25, 0.3) is 0 Å². The lowest BCUT2D eigenvalue weighted by Gasteiger charge is -2.12. The van der Waals surface area contributed by atoms with Crippen LogP contribution in [0.15, 0.2) is 18.2 Å². The van der Waals surface area contributed by atoms with Crippen molar-refractivity contribution in [2.75, 3.05) is 0 Å². The molecule has 0 saturated heterocycles.